The van der Waals surface area contributed by atoms with Crippen LogP contribution in [0.25, 0.3) is 0 Å². The van der Waals surface area contributed by atoms with Gasteiger partial charge >= 0.3 is 0 Å². The van der Waals surface area contributed by atoms with Gasteiger partial charge in [-0.25, -0.2) is 0 Å². The first-order valence-electron chi connectivity index (χ1n) is 5.87. The third kappa shape index (κ3) is 1.96. The van der Waals surface area contributed by atoms with E-state index in [0.29, 0.717) is 11.5 Å². The highest BCUT2D eigenvalue weighted by Gasteiger charge is 2.46. The molecular weight excluding hydrogens is 174 g/mol. The van der Waals surface area contributed by atoms with Crippen LogP contribution in [0.4, 0.5) is 0 Å². The molecule has 1 aliphatic carbocycles. The van der Waals surface area contributed by atoms with Gasteiger partial charge in [-0.1, -0.05) is 13.8 Å². The van der Waals surface area contributed by atoms with E-state index >= 15 is 0 Å². The van der Waals surface area contributed by atoms with E-state index in [0.717, 1.165) is 6.61 Å². The standard InChI is InChI=1S/C12H23NO/c1-11(2)5-6-12(9-11)8-10(13-3)4-7-14-12/h10,13H,4-9H2,1-3H3. The molecule has 14 heavy (non-hydrogen) atoms. The Balaban J connectivity index is 2.02. The molecule has 2 aliphatic rings. The fourth-order valence-electron chi connectivity index (χ4n) is 3.19. The molecule has 0 aromatic carbocycles. The summed E-state index contributed by atoms with van der Waals surface area (Å²) in [6.45, 7) is 5.68. The van der Waals surface area contributed by atoms with Crippen LogP contribution in [-0.2, 0) is 4.74 Å². The minimum Gasteiger partial charge on any atom is -0.375 e. The van der Waals surface area contributed by atoms with E-state index in [1.165, 1.54) is 32.1 Å². The molecule has 2 atom stereocenters. The maximum atomic E-state index is 6.05. The summed E-state index contributed by atoms with van der Waals surface area (Å²) in [5.74, 6) is 0. The van der Waals surface area contributed by atoms with E-state index < -0.39 is 0 Å². The second-order valence-electron chi connectivity index (χ2n) is 5.85. The van der Waals surface area contributed by atoms with Crippen molar-refractivity contribution in [2.24, 2.45) is 5.41 Å². The average Bonchev–Trinajstić information content (AvgIpc) is 2.42. The highest BCUT2D eigenvalue weighted by Crippen LogP contribution is 2.49. The number of rotatable bonds is 1. The van der Waals surface area contributed by atoms with Crippen molar-refractivity contribution >= 4 is 0 Å². The predicted molar refractivity (Wildman–Crippen MR) is 58.4 cm³/mol. The van der Waals surface area contributed by atoms with E-state index in [1.807, 2.05) is 0 Å². The largest absolute Gasteiger partial charge is 0.375 e. The summed E-state index contributed by atoms with van der Waals surface area (Å²) in [6.07, 6.45) is 6.23. The molecular formula is C12H23NO. The average molecular weight is 197 g/mol. The lowest BCUT2D eigenvalue weighted by atomic mass is 9.84. The molecule has 0 radical (unpaired) electrons. The first-order chi connectivity index (χ1) is 6.55. The molecule has 1 heterocycles. The first-order valence-corrected chi connectivity index (χ1v) is 5.87. The zero-order chi connectivity index (χ0) is 10.2. The first kappa shape index (κ1) is 10.4. The molecule has 0 bridgehead atoms. The van der Waals surface area contributed by atoms with Gasteiger partial charge in [0.2, 0.25) is 0 Å². The molecule has 0 aromatic rings. The summed E-state index contributed by atoms with van der Waals surface area (Å²) in [6, 6.07) is 0.678. The maximum Gasteiger partial charge on any atom is 0.0702 e. The van der Waals surface area contributed by atoms with E-state index in [4.69, 9.17) is 4.74 Å². The van der Waals surface area contributed by atoms with Gasteiger partial charge in [0.25, 0.3) is 0 Å². The molecule has 1 aliphatic heterocycles. The topological polar surface area (TPSA) is 21.3 Å². The number of hydrogen-bond donors (Lipinski definition) is 1. The van der Waals surface area contributed by atoms with Crippen molar-refractivity contribution in [3.05, 3.63) is 0 Å². The van der Waals surface area contributed by atoms with Gasteiger partial charge in [-0.2, -0.15) is 0 Å². The van der Waals surface area contributed by atoms with Gasteiger partial charge in [-0.15, -0.1) is 0 Å². The van der Waals surface area contributed by atoms with Crippen LogP contribution in [0.3, 0.4) is 0 Å². The van der Waals surface area contributed by atoms with Crippen molar-refractivity contribution in [2.75, 3.05) is 13.7 Å². The lowest BCUT2D eigenvalue weighted by Crippen LogP contribution is -2.45. The molecule has 2 nitrogen and oxygen atoms in total. The zero-order valence-electron chi connectivity index (χ0n) is 9.73. The predicted octanol–water partition coefficient (Wildman–Crippen LogP) is 2.33. The summed E-state index contributed by atoms with van der Waals surface area (Å²) in [5.41, 5.74) is 0.713. The molecule has 1 saturated heterocycles. The Bertz CT molecular complexity index is 214. The molecule has 82 valence electrons. The third-order valence-electron chi connectivity index (χ3n) is 3.96. The molecule has 2 fully saturated rings. The van der Waals surface area contributed by atoms with Crippen molar-refractivity contribution in [3.63, 3.8) is 0 Å². The van der Waals surface area contributed by atoms with Crippen LogP contribution in [0.2, 0.25) is 0 Å². The maximum absolute atomic E-state index is 6.05. The Hall–Kier alpha value is -0.0800. The monoisotopic (exact) mass is 197 g/mol. The van der Waals surface area contributed by atoms with Gasteiger partial charge < -0.3 is 10.1 Å². The van der Waals surface area contributed by atoms with Crippen LogP contribution < -0.4 is 5.32 Å². The number of hydrogen-bond acceptors (Lipinski definition) is 2. The SMILES string of the molecule is CNC1CCOC2(CCC(C)(C)C2)C1. The van der Waals surface area contributed by atoms with Crippen LogP contribution in [-0.4, -0.2) is 25.3 Å². The highest BCUT2D eigenvalue weighted by molar-refractivity contribution is 4.99. The minimum atomic E-state index is 0.218. The van der Waals surface area contributed by atoms with E-state index in [2.05, 4.69) is 26.2 Å². The zero-order valence-corrected chi connectivity index (χ0v) is 9.73. The van der Waals surface area contributed by atoms with Gasteiger partial charge in [0, 0.05) is 12.6 Å². The summed E-state index contributed by atoms with van der Waals surface area (Å²) in [4.78, 5) is 0. The van der Waals surface area contributed by atoms with E-state index in [9.17, 15) is 0 Å². The van der Waals surface area contributed by atoms with Gasteiger partial charge in [0.05, 0.1) is 5.60 Å². The van der Waals surface area contributed by atoms with Crippen molar-refractivity contribution in [2.45, 2.75) is 57.6 Å². The fraction of sp³-hybridized carbons (Fsp3) is 1.00. The summed E-state index contributed by atoms with van der Waals surface area (Å²) in [5, 5.41) is 3.40. The lowest BCUT2D eigenvalue weighted by Gasteiger charge is -2.39. The molecule has 1 saturated carbocycles. The molecule has 0 aromatic heterocycles. The molecule has 2 rings (SSSR count). The molecule has 0 amide bonds. The van der Waals surface area contributed by atoms with Gasteiger partial charge in [0.15, 0.2) is 0 Å². The normalized spacial score (nSPS) is 41.8. The summed E-state index contributed by atoms with van der Waals surface area (Å²) >= 11 is 0. The number of nitrogens with one attached hydrogen (secondary N) is 1. The Labute approximate surface area is 87.4 Å². The molecule has 2 heteroatoms. The van der Waals surface area contributed by atoms with Crippen molar-refractivity contribution in [1.29, 1.82) is 0 Å². The second kappa shape index (κ2) is 3.49. The summed E-state index contributed by atoms with van der Waals surface area (Å²) in [7, 11) is 2.07. The van der Waals surface area contributed by atoms with Crippen LogP contribution in [0.5, 0.6) is 0 Å². The van der Waals surface area contributed by atoms with Crippen molar-refractivity contribution in [1.82, 2.24) is 5.32 Å². The molecule has 1 N–H and O–H groups in total. The van der Waals surface area contributed by atoms with Crippen molar-refractivity contribution < 1.29 is 4.74 Å². The molecule has 1 spiro atoms. The highest BCUT2D eigenvalue weighted by atomic mass is 16.5. The summed E-state index contributed by atoms with van der Waals surface area (Å²) < 4.78 is 6.05. The Morgan fingerprint density at radius 1 is 1.29 bits per heavy atom. The van der Waals surface area contributed by atoms with Crippen LogP contribution in [0, 0.1) is 5.41 Å². The van der Waals surface area contributed by atoms with Crippen LogP contribution >= 0.6 is 0 Å². The van der Waals surface area contributed by atoms with Gasteiger partial charge in [0.1, 0.15) is 0 Å². The van der Waals surface area contributed by atoms with E-state index in [-0.39, 0.29) is 5.60 Å². The fourth-order valence-corrected chi connectivity index (χ4v) is 3.19. The molecule has 2 unspecified atom stereocenters. The Morgan fingerprint density at radius 3 is 2.64 bits per heavy atom. The minimum absolute atomic E-state index is 0.218. The van der Waals surface area contributed by atoms with Gasteiger partial charge in [-0.05, 0) is 44.6 Å². The quantitative estimate of drug-likeness (QED) is 0.696. The van der Waals surface area contributed by atoms with Gasteiger partial charge in [-0.3, -0.25) is 0 Å². The third-order valence-corrected chi connectivity index (χ3v) is 3.96. The van der Waals surface area contributed by atoms with Crippen LogP contribution in [0.15, 0.2) is 0 Å². The van der Waals surface area contributed by atoms with E-state index in [1.54, 1.807) is 0 Å². The van der Waals surface area contributed by atoms with Crippen molar-refractivity contribution in [3.8, 4) is 0 Å². The smallest absolute Gasteiger partial charge is 0.0702 e. The lowest BCUT2D eigenvalue weighted by molar-refractivity contribution is -0.0879. The van der Waals surface area contributed by atoms with Crippen LogP contribution in [0.1, 0.15) is 46.0 Å². The second-order valence-corrected chi connectivity index (χ2v) is 5.85. The Morgan fingerprint density at radius 2 is 2.07 bits per heavy atom. The Kier molecular flexibility index (Phi) is 2.61. The number of ether oxygens (including phenoxy) is 1.